The van der Waals surface area contributed by atoms with Crippen molar-refractivity contribution in [1.82, 2.24) is 29.4 Å². The lowest BCUT2D eigenvalue weighted by molar-refractivity contribution is -0.138. The van der Waals surface area contributed by atoms with Gasteiger partial charge in [-0.2, -0.15) is 4.98 Å². The first kappa shape index (κ1) is 20.8. The number of piperazine rings is 1. The molecule has 0 spiro atoms. The van der Waals surface area contributed by atoms with E-state index in [4.69, 9.17) is 4.74 Å². The van der Waals surface area contributed by atoms with Crippen LogP contribution in [0.15, 0.2) is 30.3 Å². The Balaban J connectivity index is 1.32. The molecule has 0 bridgehead atoms. The fourth-order valence-corrected chi connectivity index (χ4v) is 3.80. The van der Waals surface area contributed by atoms with E-state index >= 15 is 0 Å². The van der Waals surface area contributed by atoms with Crippen LogP contribution in [0, 0.1) is 13.8 Å². The Morgan fingerprint density at radius 3 is 2.32 bits per heavy atom. The predicted molar refractivity (Wildman–Crippen MR) is 114 cm³/mol. The van der Waals surface area contributed by atoms with Crippen LogP contribution in [0.2, 0.25) is 0 Å². The number of rotatable bonds is 5. The number of aryl methyl sites for hydroxylation is 2. The normalized spacial score (nSPS) is 14.2. The molecule has 2 amide bonds. The van der Waals surface area contributed by atoms with Gasteiger partial charge in [0.05, 0.1) is 20.0 Å². The molecule has 1 fully saturated rings. The molecular weight excluding hydrogens is 396 g/mol. The SMILES string of the molecule is COc1cccc(CC(=O)N2CCN(C(=O)Cc3nc4nc(C)cc(C)n4n3)CC2)c1. The van der Waals surface area contributed by atoms with Gasteiger partial charge < -0.3 is 14.5 Å². The average Bonchev–Trinajstić information content (AvgIpc) is 3.16. The smallest absolute Gasteiger partial charge is 0.252 e. The van der Waals surface area contributed by atoms with E-state index < -0.39 is 0 Å². The van der Waals surface area contributed by atoms with Crippen LogP contribution in [0.4, 0.5) is 0 Å². The minimum atomic E-state index is -0.0369. The number of carbonyl (C=O) groups is 2. The number of amides is 2. The highest BCUT2D eigenvalue weighted by Gasteiger charge is 2.25. The molecule has 162 valence electrons. The van der Waals surface area contributed by atoms with Gasteiger partial charge in [0.1, 0.15) is 5.75 Å². The third kappa shape index (κ3) is 4.65. The number of hydrogen-bond acceptors (Lipinski definition) is 6. The Kier molecular flexibility index (Phi) is 5.83. The molecule has 9 nitrogen and oxygen atoms in total. The van der Waals surface area contributed by atoms with Crippen molar-refractivity contribution >= 4 is 17.6 Å². The van der Waals surface area contributed by atoms with Gasteiger partial charge in [0.15, 0.2) is 5.82 Å². The lowest BCUT2D eigenvalue weighted by atomic mass is 10.1. The van der Waals surface area contributed by atoms with Crippen LogP contribution >= 0.6 is 0 Å². The second kappa shape index (κ2) is 8.71. The van der Waals surface area contributed by atoms with Crippen molar-refractivity contribution in [2.45, 2.75) is 26.7 Å². The van der Waals surface area contributed by atoms with Crippen LogP contribution in [0.25, 0.3) is 5.78 Å². The van der Waals surface area contributed by atoms with Crippen molar-refractivity contribution in [1.29, 1.82) is 0 Å². The van der Waals surface area contributed by atoms with Gasteiger partial charge in [-0.15, -0.1) is 5.10 Å². The van der Waals surface area contributed by atoms with Crippen molar-refractivity contribution in [3.05, 3.63) is 53.1 Å². The van der Waals surface area contributed by atoms with Crippen molar-refractivity contribution < 1.29 is 14.3 Å². The van der Waals surface area contributed by atoms with Crippen molar-refractivity contribution in [2.24, 2.45) is 0 Å². The summed E-state index contributed by atoms with van der Waals surface area (Å²) in [5.74, 6) is 1.72. The lowest BCUT2D eigenvalue weighted by Crippen LogP contribution is -2.51. The first-order valence-electron chi connectivity index (χ1n) is 10.3. The number of aromatic nitrogens is 4. The van der Waals surface area contributed by atoms with E-state index in [1.54, 1.807) is 16.5 Å². The second-order valence-electron chi connectivity index (χ2n) is 7.75. The molecule has 31 heavy (non-hydrogen) atoms. The van der Waals surface area contributed by atoms with E-state index in [2.05, 4.69) is 15.1 Å². The monoisotopic (exact) mass is 422 g/mol. The minimum absolute atomic E-state index is 0.0369. The fraction of sp³-hybridized carbons (Fsp3) is 0.409. The summed E-state index contributed by atoms with van der Waals surface area (Å²) in [5, 5.41) is 4.41. The molecule has 3 heterocycles. The Morgan fingerprint density at radius 2 is 1.65 bits per heavy atom. The minimum Gasteiger partial charge on any atom is -0.497 e. The second-order valence-corrected chi connectivity index (χ2v) is 7.75. The molecule has 1 aromatic carbocycles. The maximum atomic E-state index is 12.7. The standard InChI is InChI=1S/C22H26N6O3/c1-15-11-16(2)28-22(23-15)24-19(25-28)14-21(30)27-9-7-26(8-10-27)20(29)13-17-5-4-6-18(12-17)31-3/h4-6,11-12H,7-10,13-14H2,1-3H3. The van der Waals surface area contributed by atoms with Crippen LogP contribution in [0.5, 0.6) is 5.75 Å². The molecule has 3 aromatic rings. The van der Waals surface area contributed by atoms with Gasteiger partial charge >= 0.3 is 0 Å². The topological polar surface area (TPSA) is 92.9 Å². The molecule has 1 aliphatic rings. The number of methoxy groups -OCH3 is 1. The maximum Gasteiger partial charge on any atom is 0.252 e. The summed E-state index contributed by atoms with van der Waals surface area (Å²) in [6, 6.07) is 9.45. The molecule has 4 rings (SSSR count). The Labute approximate surface area is 180 Å². The molecular formula is C22H26N6O3. The molecule has 9 heteroatoms. The Morgan fingerprint density at radius 1 is 0.968 bits per heavy atom. The van der Waals surface area contributed by atoms with E-state index in [9.17, 15) is 9.59 Å². The third-order valence-electron chi connectivity index (χ3n) is 5.45. The lowest BCUT2D eigenvalue weighted by Gasteiger charge is -2.34. The first-order valence-corrected chi connectivity index (χ1v) is 10.3. The summed E-state index contributed by atoms with van der Waals surface area (Å²) in [5.41, 5.74) is 2.71. The average molecular weight is 422 g/mol. The van der Waals surface area contributed by atoms with Gasteiger partial charge in [-0.05, 0) is 37.6 Å². The van der Waals surface area contributed by atoms with E-state index in [1.807, 2.05) is 49.1 Å². The maximum absolute atomic E-state index is 12.7. The molecule has 0 N–H and O–H groups in total. The summed E-state index contributed by atoms with van der Waals surface area (Å²) in [6.45, 7) is 5.89. The number of nitrogens with zero attached hydrogens (tertiary/aromatic N) is 6. The molecule has 0 unspecified atom stereocenters. The van der Waals surface area contributed by atoms with Crippen LogP contribution in [0.1, 0.15) is 22.8 Å². The first-order chi connectivity index (χ1) is 14.9. The highest BCUT2D eigenvalue weighted by molar-refractivity contribution is 5.80. The zero-order valence-corrected chi connectivity index (χ0v) is 18.0. The van der Waals surface area contributed by atoms with Gasteiger partial charge in [0, 0.05) is 37.6 Å². The summed E-state index contributed by atoms with van der Waals surface area (Å²) >= 11 is 0. The van der Waals surface area contributed by atoms with Crippen molar-refractivity contribution in [2.75, 3.05) is 33.3 Å². The molecule has 0 radical (unpaired) electrons. The van der Waals surface area contributed by atoms with Crippen LogP contribution in [0.3, 0.4) is 0 Å². The quantitative estimate of drug-likeness (QED) is 0.614. The predicted octanol–water partition coefficient (Wildman–Crippen LogP) is 1.21. The van der Waals surface area contributed by atoms with Gasteiger partial charge in [-0.25, -0.2) is 9.50 Å². The number of benzene rings is 1. The largest absolute Gasteiger partial charge is 0.497 e. The van der Waals surface area contributed by atoms with Crippen LogP contribution in [-0.4, -0.2) is 74.5 Å². The zero-order chi connectivity index (χ0) is 22.0. The van der Waals surface area contributed by atoms with E-state index in [0.29, 0.717) is 44.2 Å². The summed E-state index contributed by atoms with van der Waals surface area (Å²) < 4.78 is 6.88. The van der Waals surface area contributed by atoms with Gasteiger partial charge in [0.25, 0.3) is 5.78 Å². The molecule has 1 saturated heterocycles. The highest BCUT2D eigenvalue weighted by atomic mass is 16.5. The number of fused-ring (bicyclic) bond motifs is 1. The van der Waals surface area contributed by atoms with Gasteiger partial charge in [0.2, 0.25) is 11.8 Å². The number of hydrogen-bond donors (Lipinski definition) is 0. The van der Waals surface area contributed by atoms with E-state index in [-0.39, 0.29) is 18.2 Å². The zero-order valence-electron chi connectivity index (χ0n) is 18.0. The molecule has 1 aliphatic heterocycles. The van der Waals surface area contributed by atoms with Crippen molar-refractivity contribution in [3.8, 4) is 5.75 Å². The van der Waals surface area contributed by atoms with Crippen LogP contribution in [-0.2, 0) is 22.4 Å². The Bertz CT molecular complexity index is 1120. The molecule has 0 aliphatic carbocycles. The molecule has 0 saturated carbocycles. The fourth-order valence-electron chi connectivity index (χ4n) is 3.80. The van der Waals surface area contributed by atoms with Gasteiger partial charge in [-0.1, -0.05) is 12.1 Å². The third-order valence-corrected chi connectivity index (χ3v) is 5.45. The van der Waals surface area contributed by atoms with Gasteiger partial charge in [-0.3, -0.25) is 9.59 Å². The molecule has 2 aromatic heterocycles. The molecule has 0 atom stereocenters. The Hall–Kier alpha value is -3.49. The summed E-state index contributed by atoms with van der Waals surface area (Å²) in [6.07, 6.45) is 0.446. The summed E-state index contributed by atoms with van der Waals surface area (Å²) in [7, 11) is 1.61. The van der Waals surface area contributed by atoms with E-state index in [1.165, 1.54) is 0 Å². The van der Waals surface area contributed by atoms with Crippen LogP contribution < -0.4 is 4.74 Å². The highest BCUT2D eigenvalue weighted by Crippen LogP contribution is 2.15. The van der Waals surface area contributed by atoms with E-state index in [0.717, 1.165) is 22.7 Å². The number of ether oxygens (including phenoxy) is 1. The van der Waals surface area contributed by atoms with Crippen molar-refractivity contribution in [3.63, 3.8) is 0 Å². The number of carbonyl (C=O) groups excluding carboxylic acids is 2. The summed E-state index contributed by atoms with van der Waals surface area (Å²) in [4.78, 5) is 37.7.